The van der Waals surface area contributed by atoms with Crippen LogP contribution < -0.4 is 0 Å². The SMILES string of the molecule is O=C(CO)N1CCC2(CC1)CC(=O)N(Cc1ccc(F)c(F)c1)C2. The molecule has 2 aliphatic rings. The first kappa shape index (κ1) is 16.8. The summed E-state index contributed by atoms with van der Waals surface area (Å²) >= 11 is 0. The highest BCUT2D eigenvalue weighted by atomic mass is 19.2. The van der Waals surface area contributed by atoms with Crippen LogP contribution in [0.1, 0.15) is 24.8 Å². The lowest BCUT2D eigenvalue weighted by Gasteiger charge is -2.38. The lowest BCUT2D eigenvalue weighted by atomic mass is 9.77. The van der Waals surface area contributed by atoms with E-state index in [-0.39, 0.29) is 23.8 Å². The molecular formula is C17H20F2N2O3. The van der Waals surface area contributed by atoms with Crippen LogP contribution in [0.5, 0.6) is 0 Å². The first-order chi connectivity index (χ1) is 11.4. The molecule has 1 N–H and O–H groups in total. The molecule has 24 heavy (non-hydrogen) atoms. The summed E-state index contributed by atoms with van der Waals surface area (Å²) in [5.74, 6) is -2.09. The van der Waals surface area contributed by atoms with Crippen molar-refractivity contribution in [3.63, 3.8) is 0 Å². The second-order valence-corrected chi connectivity index (χ2v) is 6.71. The molecule has 2 aliphatic heterocycles. The topological polar surface area (TPSA) is 60.9 Å². The van der Waals surface area contributed by atoms with Crippen molar-refractivity contribution in [2.24, 2.45) is 5.41 Å². The molecule has 1 spiro atoms. The van der Waals surface area contributed by atoms with Crippen molar-refractivity contribution in [2.75, 3.05) is 26.2 Å². The number of halogens is 2. The Morgan fingerprint density at radius 2 is 1.92 bits per heavy atom. The van der Waals surface area contributed by atoms with Crippen molar-refractivity contribution in [1.82, 2.24) is 9.80 Å². The molecule has 0 atom stereocenters. The highest BCUT2D eigenvalue weighted by Gasteiger charge is 2.45. The second-order valence-electron chi connectivity index (χ2n) is 6.71. The van der Waals surface area contributed by atoms with Crippen LogP contribution in [0.25, 0.3) is 0 Å². The summed E-state index contributed by atoms with van der Waals surface area (Å²) in [5.41, 5.74) is 0.397. The van der Waals surface area contributed by atoms with Gasteiger partial charge in [-0.3, -0.25) is 9.59 Å². The van der Waals surface area contributed by atoms with Gasteiger partial charge in [-0.25, -0.2) is 8.78 Å². The monoisotopic (exact) mass is 338 g/mol. The Kier molecular flexibility index (Phi) is 4.54. The number of nitrogens with zero attached hydrogens (tertiary/aromatic N) is 2. The average Bonchev–Trinajstić information content (AvgIpc) is 2.86. The minimum Gasteiger partial charge on any atom is -0.387 e. The van der Waals surface area contributed by atoms with Gasteiger partial charge in [0.15, 0.2) is 11.6 Å². The Labute approximate surface area is 138 Å². The Hall–Kier alpha value is -2.02. The van der Waals surface area contributed by atoms with Crippen LogP contribution in [-0.4, -0.2) is 53.0 Å². The number of hydrogen-bond acceptors (Lipinski definition) is 3. The summed E-state index contributed by atoms with van der Waals surface area (Å²) in [6.45, 7) is 1.40. The number of carbonyl (C=O) groups is 2. The van der Waals surface area contributed by atoms with Crippen molar-refractivity contribution in [3.05, 3.63) is 35.4 Å². The molecular weight excluding hydrogens is 318 g/mol. The molecule has 2 saturated heterocycles. The third kappa shape index (κ3) is 3.26. The molecule has 130 valence electrons. The van der Waals surface area contributed by atoms with Crippen molar-refractivity contribution in [3.8, 4) is 0 Å². The standard InChI is InChI=1S/C17H20F2N2O3/c18-13-2-1-12(7-14(13)19)9-21-11-17(8-15(21)23)3-5-20(6-4-17)16(24)10-22/h1-2,7,22H,3-6,8-11H2. The summed E-state index contributed by atoms with van der Waals surface area (Å²) in [7, 11) is 0. The Morgan fingerprint density at radius 3 is 2.54 bits per heavy atom. The largest absolute Gasteiger partial charge is 0.387 e. The summed E-state index contributed by atoms with van der Waals surface area (Å²) in [6.07, 6.45) is 1.83. The fourth-order valence-corrected chi connectivity index (χ4v) is 3.65. The van der Waals surface area contributed by atoms with Gasteiger partial charge in [0.05, 0.1) is 0 Å². The third-order valence-electron chi connectivity index (χ3n) is 5.07. The molecule has 0 bridgehead atoms. The van der Waals surface area contributed by atoms with E-state index in [0.29, 0.717) is 44.5 Å². The molecule has 0 radical (unpaired) electrons. The highest BCUT2D eigenvalue weighted by Crippen LogP contribution is 2.41. The molecule has 0 saturated carbocycles. The lowest BCUT2D eigenvalue weighted by molar-refractivity contribution is -0.136. The number of amides is 2. The number of hydrogen-bond donors (Lipinski definition) is 1. The van der Waals surface area contributed by atoms with Crippen molar-refractivity contribution < 1.29 is 23.5 Å². The fraction of sp³-hybridized carbons (Fsp3) is 0.529. The molecule has 1 aromatic rings. The Balaban J connectivity index is 1.63. The molecule has 3 rings (SSSR count). The van der Waals surface area contributed by atoms with Crippen LogP contribution in [-0.2, 0) is 16.1 Å². The normalized spacial score (nSPS) is 20.0. The number of piperidine rings is 1. The number of benzene rings is 1. The van der Waals surface area contributed by atoms with Crippen LogP contribution in [0.3, 0.4) is 0 Å². The van der Waals surface area contributed by atoms with Crippen molar-refractivity contribution >= 4 is 11.8 Å². The van der Waals surface area contributed by atoms with Crippen molar-refractivity contribution in [1.29, 1.82) is 0 Å². The summed E-state index contributed by atoms with van der Waals surface area (Å²) in [6, 6.07) is 3.68. The third-order valence-corrected chi connectivity index (χ3v) is 5.07. The van der Waals surface area contributed by atoms with Gasteiger partial charge in [-0.1, -0.05) is 6.07 Å². The summed E-state index contributed by atoms with van der Waals surface area (Å²) in [5, 5.41) is 8.92. The van der Waals surface area contributed by atoms with Crippen LogP contribution in [0.4, 0.5) is 8.78 Å². The smallest absolute Gasteiger partial charge is 0.248 e. The quantitative estimate of drug-likeness (QED) is 0.904. The molecule has 2 amide bonds. The highest BCUT2D eigenvalue weighted by molar-refractivity contribution is 5.80. The van der Waals surface area contributed by atoms with E-state index in [9.17, 15) is 18.4 Å². The number of rotatable bonds is 3. The number of carbonyl (C=O) groups excluding carboxylic acids is 2. The lowest BCUT2D eigenvalue weighted by Crippen LogP contribution is -2.45. The van der Waals surface area contributed by atoms with Crippen LogP contribution in [0.15, 0.2) is 18.2 Å². The van der Waals surface area contributed by atoms with E-state index in [1.54, 1.807) is 9.80 Å². The first-order valence-electron chi connectivity index (χ1n) is 8.03. The molecule has 0 aliphatic carbocycles. The molecule has 0 unspecified atom stereocenters. The van der Waals surface area contributed by atoms with Crippen LogP contribution in [0.2, 0.25) is 0 Å². The molecule has 1 aromatic carbocycles. The van der Waals surface area contributed by atoms with E-state index in [1.807, 2.05) is 0 Å². The van der Waals surface area contributed by atoms with Gasteiger partial charge in [-0.15, -0.1) is 0 Å². The second kappa shape index (κ2) is 6.47. The van der Waals surface area contributed by atoms with E-state index < -0.39 is 18.2 Å². The average molecular weight is 338 g/mol. The van der Waals surface area contributed by atoms with Gasteiger partial charge < -0.3 is 14.9 Å². The maximum Gasteiger partial charge on any atom is 0.248 e. The Bertz CT molecular complexity index is 657. The number of aliphatic hydroxyl groups is 1. The van der Waals surface area contributed by atoms with E-state index in [2.05, 4.69) is 0 Å². The van der Waals surface area contributed by atoms with Crippen molar-refractivity contribution in [2.45, 2.75) is 25.8 Å². The molecule has 2 fully saturated rings. The van der Waals surface area contributed by atoms with Gasteiger partial charge in [0.2, 0.25) is 11.8 Å². The summed E-state index contributed by atoms with van der Waals surface area (Å²) in [4.78, 5) is 27.1. The van der Waals surface area contributed by atoms with Gasteiger partial charge in [-0.2, -0.15) is 0 Å². The van der Waals surface area contributed by atoms with Crippen LogP contribution >= 0.6 is 0 Å². The number of aliphatic hydroxyl groups excluding tert-OH is 1. The minimum absolute atomic E-state index is 0.00154. The maximum absolute atomic E-state index is 13.3. The van der Waals surface area contributed by atoms with Crippen LogP contribution in [0, 0.1) is 17.0 Å². The van der Waals surface area contributed by atoms with E-state index in [0.717, 1.165) is 12.1 Å². The minimum atomic E-state index is -0.912. The molecule has 0 aromatic heterocycles. The zero-order valence-corrected chi connectivity index (χ0v) is 13.3. The predicted molar refractivity (Wildman–Crippen MR) is 81.7 cm³/mol. The zero-order valence-electron chi connectivity index (χ0n) is 13.3. The molecule has 7 heteroatoms. The number of likely N-dealkylation sites (tertiary alicyclic amines) is 2. The van der Waals surface area contributed by atoms with Gasteiger partial charge in [0, 0.05) is 38.0 Å². The van der Waals surface area contributed by atoms with E-state index in [4.69, 9.17) is 5.11 Å². The summed E-state index contributed by atoms with van der Waals surface area (Å²) < 4.78 is 26.3. The first-order valence-corrected chi connectivity index (χ1v) is 8.03. The molecule has 5 nitrogen and oxygen atoms in total. The van der Waals surface area contributed by atoms with Gasteiger partial charge in [0.25, 0.3) is 0 Å². The fourth-order valence-electron chi connectivity index (χ4n) is 3.65. The van der Waals surface area contributed by atoms with E-state index in [1.165, 1.54) is 6.07 Å². The van der Waals surface area contributed by atoms with E-state index >= 15 is 0 Å². The van der Waals surface area contributed by atoms with Gasteiger partial charge >= 0.3 is 0 Å². The predicted octanol–water partition coefficient (Wildman–Crippen LogP) is 1.30. The Morgan fingerprint density at radius 1 is 1.21 bits per heavy atom. The zero-order chi connectivity index (χ0) is 17.3. The van der Waals surface area contributed by atoms with Gasteiger partial charge in [-0.05, 0) is 30.5 Å². The van der Waals surface area contributed by atoms with Gasteiger partial charge in [0.1, 0.15) is 6.61 Å². The molecule has 2 heterocycles. The maximum atomic E-state index is 13.3.